The van der Waals surface area contributed by atoms with E-state index in [1.165, 1.54) is 6.07 Å². The first kappa shape index (κ1) is 14.4. The van der Waals surface area contributed by atoms with Crippen LogP contribution in [0.4, 0.5) is 5.69 Å². The minimum Gasteiger partial charge on any atom is -0.482 e. The lowest BCUT2D eigenvalue weighted by Crippen LogP contribution is -2.20. The average molecular weight is 312 g/mol. The average Bonchev–Trinajstić information content (AvgIpc) is 2.88. The molecular formula is C13H10ClNO4S. The number of benzene rings is 1. The van der Waals surface area contributed by atoms with Gasteiger partial charge in [-0.2, -0.15) is 0 Å². The third-order valence-corrected chi connectivity index (χ3v) is 3.45. The van der Waals surface area contributed by atoms with Crippen molar-refractivity contribution in [2.24, 2.45) is 0 Å². The van der Waals surface area contributed by atoms with Gasteiger partial charge in [-0.15, -0.1) is 11.3 Å². The number of hydrogen-bond acceptors (Lipinski definition) is 4. The van der Waals surface area contributed by atoms with Gasteiger partial charge in [0.15, 0.2) is 11.5 Å². The monoisotopic (exact) mass is 311 g/mol. The normalized spacial score (nSPS) is 10.1. The minimum atomic E-state index is -1.08. The van der Waals surface area contributed by atoms with Gasteiger partial charge in [-0.25, -0.2) is 4.79 Å². The van der Waals surface area contributed by atoms with Crippen LogP contribution in [0.2, 0.25) is 5.02 Å². The molecule has 7 heteroatoms. The van der Waals surface area contributed by atoms with E-state index < -0.39 is 5.97 Å². The molecule has 1 aromatic heterocycles. The number of amides is 1. The fraction of sp³-hybridized carbons (Fsp3) is 0.0769. The Balaban J connectivity index is 1.90. The van der Waals surface area contributed by atoms with Crippen LogP contribution in [0.25, 0.3) is 0 Å². The third kappa shape index (κ3) is 3.72. The Morgan fingerprint density at radius 2 is 1.95 bits per heavy atom. The van der Waals surface area contributed by atoms with Crippen LogP contribution >= 0.6 is 22.9 Å². The number of carbonyl (C=O) groups is 2. The van der Waals surface area contributed by atoms with E-state index in [1.54, 1.807) is 29.6 Å². The van der Waals surface area contributed by atoms with Crippen molar-refractivity contribution in [2.75, 3.05) is 11.9 Å². The Bertz CT molecular complexity index is 624. The lowest BCUT2D eigenvalue weighted by molar-refractivity contribution is -0.118. The summed E-state index contributed by atoms with van der Waals surface area (Å²) in [6.45, 7) is -0.264. The highest BCUT2D eigenvalue weighted by atomic mass is 35.5. The van der Waals surface area contributed by atoms with E-state index >= 15 is 0 Å². The molecule has 0 aliphatic heterocycles. The molecule has 2 aromatic rings. The molecule has 0 atom stereocenters. The number of halogens is 1. The summed E-state index contributed by atoms with van der Waals surface area (Å²) in [6, 6.07) is 8.14. The second-order valence-corrected chi connectivity index (χ2v) is 5.12. The number of nitrogens with one attached hydrogen (secondary N) is 1. The maximum absolute atomic E-state index is 11.7. The van der Waals surface area contributed by atoms with Crippen LogP contribution in [0.3, 0.4) is 0 Å². The molecule has 2 N–H and O–H groups in total. The molecule has 1 heterocycles. The molecule has 104 valence electrons. The Hall–Kier alpha value is -2.05. The van der Waals surface area contributed by atoms with Gasteiger partial charge in [0.25, 0.3) is 5.91 Å². The second kappa shape index (κ2) is 6.40. The predicted molar refractivity (Wildman–Crippen MR) is 76.9 cm³/mol. The smallest absolute Gasteiger partial charge is 0.349 e. The van der Waals surface area contributed by atoms with Gasteiger partial charge in [-0.1, -0.05) is 11.6 Å². The van der Waals surface area contributed by atoms with Crippen molar-refractivity contribution in [3.63, 3.8) is 0 Å². The van der Waals surface area contributed by atoms with E-state index in [-0.39, 0.29) is 23.1 Å². The predicted octanol–water partition coefficient (Wildman–Crippen LogP) is 3.12. The van der Waals surface area contributed by atoms with E-state index in [2.05, 4.69) is 5.32 Å². The topological polar surface area (TPSA) is 75.6 Å². The summed E-state index contributed by atoms with van der Waals surface area (Å²) in [7, 11) is 0. The van der Waals surface area contributed by atoms with Crippen molar-refractivity contribution >= 4 is 40.5 Å². The van der Waals surface area contributed by atoms with Crippen LogP contribution in [0.15, 0.2) is 35.7 Å². The Labute approximate surface area is 123 Å². The molecular weight excluding hydrogens is 302 g/mol. The van der Waals surface area contributed by atoms with Crippen LogP contribution in [-0.2, 0) is 4.79 Å². The van der Waals surface area contributed by atoms with Gasteiger partial charge in [-0.3, -0.25) is 4.79 Å². The number of thiophene rings is 1. The Morgan fingerprint density at radius 3 is 2.60 bits per heavy atom. The van der Waals surface area contributed by atoms with Crippen molar-refractivity contribution in [1.29, 1.82) is 0 Å². The van der Waals surface area contributed by atoms with Gasteiger partial charge in [0.1, 0.15) is 5.75 Å². The van der Waals surface area contributed by atoms with E-state index in [1.807, 2.05) is 0 Å². The van der Waals surface area contributed by atoms with Crippen LogP contribution < -0.4 is 10.1 Å². The van der Waals surface area contributed by atoms with Gasteiger partial charge in [0.05, 0.1) is 0 Å². The molecule has 1 aromatic carbocycles. The molecule has 5 nitrogen and oxygen atoms in total. The summed E-state index contributed by atoms with van der Waals surface area (Å²) in [5.41, 5.74) is 0.590. The van der Waals surface area contributed by atoms with Gasteiger partial charge in [0, 0.05) is 10.7 Å². The number of aromatic carboxylic acids is 1. The van der Waals surface area contributed by atoms with E-state index in [0.29, 0.717) is 10.7 Å². The molecule has 2 rings (SSSR count). The van der Waals surface area contributed by atoms with Crippen LogP contribution in [0.1, 0.15) is 9.67 Å². The SMILES string of the molecule is O=C(COc1ccsc1C(=O)O)Nc1ccc(Cl)cc1. The van der Waals surface area contributed by atoms with Crippen molar-refractivity contribution in [3.8, 4) is 5.75 Å². The summed E-state index contributed by atoms with van der Waals surface area (Å²) in [5, 5.41) is 13.7. The lowest BCUT2D eigenvalue weighted by atomic mass is 10.3. The number of carboxylic acid groups (broad SMARTS) is 1. The van der Waals surface area contributed by atoms with Crippen LogP contribution in [0.5, 0.6) is 5.75 Å². The quantitative estimate of drug-likeness (QED) is 0.889. The largest absolute Gasteiger partial charge is 0.482 e. The summed E-state index contributed by atoms with van der Waals surface area (Å²) < 4.78 is 5.19. The van der Waals surface area contributed by atoms with Crippen molar-refractivity contribution in [3.05, 3.63) is 45.6 Å². The van der Waals surface area contributed by atoms with E-state index in [4.69, 9.17) is 21.4 Å². The second-order valence-electron chi connectivity index (χ2n) is 3.76. The van der Waals surface area contributed by atoms with Crippen LogP contribution in [-0.4, -0.2) is 23.6 Å². The molecule has 0 bridgehead atoms. The van der Waals surface area contributed by atoms with Crippen molar-refractivity contribution < 1.29 is 19.4 Å². The van der Waals surface area contributed by atoms with Crippen LogP contribution in [0, 0.1) is 0 Å². The molecule has 0 spiro atoms. The lowest BCUT2D eigenvalue weighted by Gasteiger charge is -2.07. The minimum absolute atomic E-state index is 0.0734. The van der Waals surface area contributed by atoms with Crippen molar-refractivity contribution in [2.45, 2.75) is 0 Å². The molecule has 0 radical (unpaired) electrons. The Kier molecular flexibility index (Phi) is 4.60. The number of carboxylic acids is 1. The van der Waals surface area contributed by atoms with Gasteiger partial charge in [-0.05, 0) is 35.7 Å². The third-order valence-electron chi connectivity index (χ3n) is 2.31. The first-order chi connectivity index (χ1) is 9.56. The maximum atomic E-state index is 11.7. The molecule has 0 saturated carbocycles. The summed E-state index contributed by atoms with van der Waals surface area (Å²) in [4.78, 5) is 22.6. The summed E-state index contributed by atoms with van der Waals surface area (Å²) >= 11 is 6.78. The first-order valence-corrected chi connectivity index (χ1v) is 6.81. The zero-order chi connectivity index (χ0) is 14.5. The zero-order valence-electron chi connectivity index (χ0n) is 10.1. The van der Waals surface area contributed by atoms with E-state index in [9.17, 15) is 9.59 Å². The van der Waals surface area contributed by atoms with Gasteiger partial charge >= 0.3 is 5.97 Å². The fourth-order valence-corrected chi connectivity index (χ4v) is 2.24. The molecule has 1 amide bonds. The summed E-state index contributed by atoms with van der Waals surface area (Å²) in [6.07, 6.45) is 0. The number of ether oxygens (including phenoxy) is 1. The first-order valence-electron chi connectivity index (χ1n) is 5.55. The number of carbonyl (C=O) groups excluding carboxylic acids is 1. The fourth-order valence-electron chi connectivity index (χ4n) is 1.44. The molecule has 0 unspecified atom stereocenters. The molecule has 0 fully saturated rings. The molecule has 20 heavy (non-hydrogen) atoms. The molecule has 0 aliphatic rings. The van der Waals surface area contributed by atoms with Crippen molar-refractivity contribution in [1.82, 2.24) is 0 Å². The Morgan fingerprint density at radius 1 is 1.25 bits per heavy atom. The van der Waals surface area contributed by atoms with Gasteiger partial charge in [0.2, 0.25) is 0 Å². The number of hydrogen-bond donors (Lipinski definition) is 2. The standard InChI is InChI=1S/C13H10ClNO4S/c14-8-1-3-9(4-2-8)15-11(16)7-19-10-5-6-20-12(10)13(17)18/h1-6H,7H2,(H,15,16)(H,17,18). The van der Waals surface area contributed by atoms with Gasteiger partial charge < -0.3 is 15.2 Å². The maximum Gasteiger partial charge on any atom is 0.349 e. The molecule has 0 aliphatic carbocycles. The molecule has 0 saturated heterocycles. The summed E-state index contributed by atoms with van der Waals surface area (Å²) in [5.74, 6) is -1.27. The highest BCUT2D eigenvalue weighted by Crippen LogP contribution is 2.24. The van der Waals surface area contributed by atoms with E-state index in [0.717, 1.165) is 11.3 Å². The zero-order valence-corrected chi connectivity index (χ0v) is 11.7. The number of anilines is 1. The highest BCUT2D eigenvalue weighted by molar-refractivity contribution is 7.12. The number of rotatable bonds is 5. The highest BCUT2D eigenvalue weighted by Gasteiger charge is 2.14.